The summed E-state index contributed by atoms with van der Waals surface area (Å²) in [6, 6.07) is 12.6. The summed E-state index contributed by atoms with van der Waals surface area (Å²) in [6.45, 7) is 3.79. The highest BCUT2D eigenvalue weighted by molar-refractivity contribution is 5.82. The molecular formula is C21H22NO5+. The van der Waals surface area contributed by atoms with Gasteiger partial charge in [0, 0.05) is 23.1 Å². The van der Waals surface area contributed by atoms with Gasteiger partial charge in [0.15, 0.2) is 17.6 Å². The summed E-state index contributed by atoms with van der Waals surface area (Å²) in [5.74, 6) is 1.68. The van der Waals surface area contributed by atoms with E-state index in [1.807, 2.05) is 37.3 Å². The summed E-state index contributed by atoms with van der Waals surface area (Å²) in [7, 11) is 0. The smallest absolute Gasteiger partial charge is 0.336 e. The first kappa shape index (κ1) is 17.4. The first-order chi connectivity index (χ1) is 13.1. The van der Waals surface area contributed by atoms with Gasteiger partial charge in [-0.05, 0) is 30.2 Å². The largest absolute Gasteiger partial charge is 0.508 e. The Morgan fingerprint density at radius 2 is 1.96 bits per heavy atom. The number of phenols is 1. The van der Waals surface area contributed by atoms with Gasteiger partial charge >= 0.3 is 5.63 Å². The first-order valence-corrected chi connectivity index (χ1v) is 9.13. The Morgan fingerprint density at radius 1 is 1.15 bits per heavy atom. The molecule has 0 saturated carbocycles. The number of phenolic OH excluding ortho intramolecular Hbond substituents is 1. The predicted octanol–water partition coefficient (Wildman–Crippen LogP) is 1.96. The molecule has 1 atom stereocenters. The molecule has 1 aromatic heterocycles. The fraction of sp³-hybridized carbons (Fsp3) is 0.286. The molecule has 0 bridgehead atoms. The Balaban J connectivity index is 1.48. The van der Waals surface area contributed by atoms with E-state index < -0.39 is 5.63 Å². The maximum absolute atomic E-state index is 11.9. The number of rotatable bonds is 5. The number of ether oxygens (including phenoxy) is 2. The van der Waals surface area contributed by atoms with Crippen LogP contribution in [0.3, 0.4) is 0 Å². The topological polar surface area (TPSA) is 85.5 Å². The number of aromatic hydroxyl groups is 1. The van der Waals surface area contributed by atoms with Crippen molar-refractivity contribution in [2.45, 2.75) is 26.0 Å². The summed E-state index contributed by atoms with van der Waals surface area (Å²) in [4.78, 5) is 11.9. The average Bonchev–Trinajstić information content (AvgIpc) is 2.67. The first-order valence-electron chi connectivity index (χ1n) is 9.13. The molecule has 2 aromatic carbocycles. The monoisotopic (exact) mass is 368 g/mol. The predicted molar refractivity (Wildman–Crippen MR) is 100 cm³/mol. The van der Waals surface area contributed by atoms with Gasteiger partial charge in [0.2, 0.25) is 0 Å². The zero-order valence-electron chi connectivity index (χ0n) is 15.1. The summed E-state index contributed by atoms with van der Waals surface area (Å²) < 4.78 is 16.9. The maximum Gasteiger partial charge on any atom is 0.336 e. The Bertz CT molecular complexity index is 1030. The minimum absolute atomic E-state index is 0.0541. The Kier molecular flexibility index (Phi) is 4.73. The summed E-state index contributed by atoms with van der Waals surface area (Å²) in [5.41, 5.74) is 1.71. The lowest BCUT2D eigenvalue weighted by molar-refractivity contribution is -0.675. The molecule has 0 radical (unpaired) electrons. The second-order valence-electron chi connectivity index (χ2n) is 6.65. The zero-order chi connectivity index (χ0) is 18.8. The molecule has 6 heteroatoms. The quantitative estimate of drug-likeness (QED) is 0.673. The molecule has 140 valence electrons. The van der Waals surface area contributed by atoms with Crippen molar-refractivity contribution in [3.63, 3.8) is 0 Å². The third-order valence-corrected chi connectivity index (χ3v) is 4.77. The molecule has 0 fully saturated rings. The number of quaternary nitrogens is 1. The van der Waals surface area contributed by atoms with Crippen LogP contribution in [0.5, 0.6) is 17.2 Å². The fourth-order valence-corrected chi connectivity index (χ4v) is 3.36. The maximum atomic E-state index is 11.9. The number of benzene rings is 2. The lowest BCUT2D eigenvalue weighted by atomic mass is 10.0. The van der Waals surface area contributed by atoms with Crippen LogP contribution >= 0.6 is 0 Å². The van der Waals surface area contributed by atoms with Crippen LogP contribution in [-0.4, -0.2) is 24.4 Å². The fourth-order valence-electron chi connectivity index (χ4n) is 3.36. The van der Waals surface area contributed by atoms with E-state index in [1.54, 1.807) is 0 Å². The zero-order valence-corrected chi connectivity index (χ0v) is 15.1. The van der Waals surface area contributed by atoms with E-state index in [-0.39, 0.29) is 11.9 Å². The van der Waals surface area contributed by atoms with E-state index in [9.17, 15) is 9.90 Å². The third-order valence-electron chi connectivity index (χ3n) is 4.77. The molecule has 0 saturated heterocycles. The standard InChI is InChI=1S/C21H21NO5/c1-2-13-7-16-14(8-21(24)27-20(16)9-17(13)23)10-22-11-15-12-25-18-5-3-4-6-19(18)26-15/h3-9,15,22-23H,2,10-12H2,1H3/p+1/t15-/m0/s1. The van der Waals surface area contributed by atoms with Crippen LogP contribution in [0.25, 0.3) is 11.0 Å². The van der Waals surface area contributed by atoms with Crippen molar-refractivity contribution in [3.8, 4) is 17.2 Å². The molecule has 27 heavy (non-hydrogen) atoms. The average molecular weight is 368 g/mol. The molecule has 0 spiro atoms. The van der Waals surface area contributed by atoms with Crippen molar-refractivity contribution >= 4 is 11.0 Å². The number of aryl methyl sites for hydroxylation is 1. The van der Waals surface area contributed by atoms with Crippen LogP contribution in [-0.2, 0) is 13.0 Å². The SMILES string of the molecule is CCc1cc2c(C[NH2+]C[C@H]3COc4ccccc4O3)cc(=O)oc2cc1O. The van der Waals surface area contributed by atoms with Crippen LogP contribution in [0.4, 0.5) is 0 Å². The molecule has 2 heterocycles. The van der Waals surface area contributed by atoms with Gasteiger partial charge in [-0.2, -0.15) is 0 Å². The van der Waals surface area contributed by atoms with Crippen molar-refractivity contribution in [2.75, 3.05) is 13.2 Å². The van der Waals surface area contributed by atoms with Gasteiger partial charge in [0.1, 0.15) is 31.0 Å². The van der Waals surface area contributed by atoms with Crippen LogP contribution in [0, 0.1) is 0 Å². The molecule has 3 aromatic rings. The van der Waals surface area contributed by atoms with Gasteiger partial charge < -0.3 is 24.3 Å². The number of fused-ring (bicyclic) bond motifs is 2. The summed E-state index contributed by atoms with van der Waals surface area (Å²) in [6.07, 6.45) is 0.651. The summed E-state index contributed by atoms with van der Waals surface area (Å²) >= 11 is 0. The van der Waals surface area contributed by atoms with Gasteiger partial charge in [-0.3, -0.25) is 0 Å². The van der Waals surface area contributed by atoms with E-state index in [1.165, 1.54) is 12.1 Å². The molecular weight excluding hydrogens is 346 g/mol. The van der Waals surface area contributed by atoms with Crippen LogP contribution in [0.1, 0.15) is 18.1 Å². The van der Waals surface area contributed by atoms with Gasteiger partial charge in [-0.15, -0.1) is 0 Å². The van der Waals surface area contributed by atoms with Crippen molar-refractivity contribution < 1.29 is 24.3 Å². The summed E-state index contributed by atoms with van der Waals surface area (Å²) in [5, 5.41) is 13.0. The third kappa shape index (κ3) is 3.61. The van der Waals surface area contributed by atoms with Crippen molar-refractivity contribution in [1.29, 1.82) is 0 Å². The van der Waals surface area contributed by atoms with Crippen LogP contribution in [0.15, 0.2) is 51.7 Å². The van der Waals surface area contributed by atoms with Gasteiger partial charge in [0.25, 0.3) is 0 Å². The van der Waals surface area contributed by atoms with E-state index in [2.05, 4.69) is 5.32 Å². The Hall–Kier alpha value is -2.99. The highest BCUT2D eigenvalue weighted by atomic mass is 16.6. The van der Waals surface area contributed by atoms with E-state index in [0.29, 0.717) is 31.7 Å². The molecule has 0 unspecified atom stereocenters. The lowest BCUT2D eigenvalue weighted by Gasteiger charge is -2.25. The second kappa shape index (κ2) is 7.32. The van der Waals surface area contributed by atoms with E-state index in [4.69, 9.17) is 13.9 Å². The normalized spacial score (nSPS) is 15.8. The van der Waals surface area contributed by atoms with Crippen LogP contribution < -0.4 is 20.4 Å². The molecule has 3 N–H and O–H groups in total. The van der Waals surface area contributed by atoms with Crippen molar-refractivity contribution in [2.24, 2.45) is 0 Å². The molecule has 1 aliphatic heterocycles. The molecule has 6 nitrogen and oxygen atoms in total. The number of hydrogen-bond donors (Lipinski definition) is 2. The van der Waals surface area contributed by atoms with E-state index >= 15 is 0 Å². The second-order valence-corrected chi connectivity index (χ2v) is 6.65. The molecule has 0 aliphatic carbocycles. The molecule has 4 rings (SSSR count). The van der Waals surface area contributed by atoms with Gasteiger partial charge in [-0.25, -0.2) is 4.79 Å². The number of nitrogens with two attached hydrogens (primary N) is 1. The van der Waals surface area contributed by atoms with Crippen molar-refractivity contribution in [1.82, 2.24) is 0 Å². The molecule has 0 amide bonds. The Morgan fingerprint density at radius 3 is 2.78 bits per heavy atom. The van der Waals surface area contributed by atoms with Crippen LogP contribution in [0.2, 0.25) is 0 Å². The minimum atomic E-state index is -0.416. The van der Waals surface area contributed by atoms with Gasteiger partial charge in [-0.1, -0.05) is 19.1 Å². The van der Waals surface area contributed by atoms with E-state index in [0.717, 1.165) is 28.0 Å². The number of para-hydroxylation sites is 2. The minimum Gasteiger partial charge on any atom is -0.508 e. The lowest BCUT2D eigenvalue weighted by Crippen LogP contribution is -2.85. The highest BCUT2D eigenvalue weighted by Crippen LogP contribution is 2.30. The highest BCUT2D eigenvalue weighted by Gasteiger charge is 2.22. The van der Waals surface area contributed by atoms with Crippen molar-refractivity contribution in [3.05, 3.63) is 64.0 Å². The van der Waals surface area contributed by atoms with Gasteiger partial charge in [0.05, 0.1) is 0 Å². The molecule has 1 aliphatic rings. The Labute approximate surface area is 156 Å². The number of hydrogen-bond acceptors (Lipinski definition) is 5.